The molecule has 0 aliphatic rings. The Labute approximate surface area is 110 Å². The molecule has 0 heterocycles. The summed E-state index contributed by atoms with van der Waals surface area (Å²) >= 11 is 0. The van der Waals surface area contributed by atoms with Crippen LogP contribution in [-0.2, 0) is 14.3 Å². The lowest BCUT2D eigenvalue weighted by molar-refractivity contribution is -0.146. The van der Waals surface area contributed by atoms with Crippen LogP contribution in [0.1, 0.15) is 46.5 Å². The quantitative estimate of drug-likeness (QED) is 0.535. The molecule has 1 amide bonds. The number of carbonyl (C=O) groups excluding carboxylic acids is 2. The van der Waals surface area contributed by atoms with Gasteiger partial charge in [0.25, 0.3) is 0 Å². The van der Waals surface area contributed by atoms with Gasteiger partial charge in [-0.1, -0.05) is 39.7 Å². The van der Waals surface area contributed by atoms with Crippen molar-refractivity contribution in [3.05, 3.63) is 12.7 Å². The number of methoxy groups -OCH3 is 1. The highest BCUT2D eigenvalue weighted by molar-refractivity contribution is 5.87. The summed E-state index contributed by atoms with van der Waals surface area (Å²) in [4.78, 5) is 23.6. The molecule has 0 saturated heterocycles. The third-order valence-corrected chi connectivity index (χ3v) is 2.96. The van der Waals surface area contributed by atoms with Crippen LogP contribution >= 0.6 is 0 Å². The number of ether oxygens (including phenoxy) is 1. The normalized spacial score (nSPS) is 12.7. The summed E-state index contributed by atoms with van der Waals surface area (Å²) in [5.41, 5.74) is -0.469. The number of esters is 1. The fraction of sp³-hybridized carbons (Fsp3) is 0.714. The Hall–Kier alpha value is -1.32. The van der Waals surface area contributed by atoms with Gasteiger partial charge in [0, 0.05) is 5.41 Å². The van der Waals surface area contributed by atoms with Gasteiger partial charge in [0.15, 0.2) is 0 Å². The fourth-order valence-corrected chi connectivity index (χ4v) is 1.61. The Kier molecular flexibility index (Phi) is 7.32. The van der Waals surface area contributed by atoms with Crippen LogP contribution in [0.2, 0.25) is 0 Å². The smallest absolute Gasteiger partial charge is 0.328 e. The summed E-state index contributed by atoms with van der Waals surface area (Å²) in [6.07, 6.45) is 4.81. The van der Waals surface area contributed by atoms with E-state index in [0.29, 0.717) is 6.42 Å². The number of amides is 1. The van der Waals surface area contributed by atoms with Gasteiger partial charge in [0.1, 0.15) is 6.04 Å². The minimum absolute atomic E-state index is 0.117. The Balaban J connectivity index is 4.57. The average Bonchev–Trinajstić information content (AvgIpc) is 2.34. The first kappa shape index (κ1) is 16.7. The summed E-state index contributed by atoms with van der Waals surface area (Å²) in [5, 5.41) is 2.73. The zero-order chi connectivity index (χ0) is 14.2. The number of nitrogens with one attached hydrogen (secondary N) is 1. The van der Waals surface area contributed by atoms with E-state index in [1.54, 1.807) is 6.08 Å². The second kappa shape index (κ2) is 7.90. The number of hydrogen-bond donors (Lipinski definition) is 1. The third kappa shape index (κ3) is 5.34. The van der Waals surface area contributed by atoms with Crippen LogP contribution < -0.4 is 5.32 Å². The van der Waals surface area contributed by atoms with Crippen molar-refractivity contribution in [1.29, 1.82) is 0 Å². The molecule has 0 bridgehead atoms. The molecule has 0 aromatic rings. The molecule has 0 radical (unpaired) electrons. The van der Waals surface area contributed by atoms with Crippen LogP contribution in [0.3, 0.4) is 0 Å². The van der Waals surface area contributed by atoms with Crippen LogP contribution in [-0.4, -0.2) is 25.0 Å². The first-order valence-electron chi connectivity index (χ1n) is 6.38. The van der Waals surface area contributed by atoms with E-state index < -0.39 is 17.4 Å². The zero-order valence-electron chi connectivity index (χ0n) is 11.9. The standard InChI is InChI=1S/C14H25NO3/c1-6-8-10-14(3,4)13(17)15-11(9-7-2)12(16)18-5/h7,11H,2,6,8-10H2,1,3-5H3,(H,15,17)/t11-/m0/s1. The summed E-state index contributed by atoms with van der Waals surface area (Å²) in [7, 11) is 1.31. The lowest BCUT2D eigenvalue weighted by atomic mass is 9.86. The minimum atomic E-state index is -0.638. The van der Waals surface area contributed by atoms with Gasteiger partial charge in [-0.2, -0.15) is 0 Å². The molecule has 0 rings (SSSR count). The third-order valence-electron chi connectivity index (χ3n) is 2.96. The van der Waals surface area contributed by atoms with Gasteiger partial charge in [-0.3, -0.25) is 4.79 Å². The summed E-state index contributed by atoms with van der Waals surface area (Å²) in [6.45, 7) is 9.44. The predicted octanol–water partition coefficient (Wildman–Crippen LogP) is 2.44. The Morgan fingerprint density at radius 2 is 2.06 bits per heavy atom. The Morgan fingerprint density at radius 3 is 2.50 bits per heavy atom. The van der Waals surface area contributed by atoms with Crippen LogP contribution in [0.5, 0.6) is 0 Å². The maximum atomic E-state index is 12.1. The van der Waals surface area contributed by atoms with Crippen LogP contribution in [0.25, 0.3) is 0 Å². The molecule has 1 N–H and O–H groups in total. The largest absolute Gasteiger partial charge is 0.467 e. The average molecular weight is 255 g/mol. The van der Waals surface area contributed by atoms with E-state index in [1.807, 2.05) is 13.8 Å². The van der Waals surface area contributed by atoms with Gasteiger partial charge in [0.2, 0.25) is 5.91 Å². The predicted molar refractivity (Wildman–Crippen MR) is 72.1 cm³/mol. The highest BCUT2D eigenvalue weighted by atomic mass is 16.5. The van der Waals surface area contributed by atoms with Crippen LogP contribution in [0.4, 0.5) is 0 Å². The minimum Gasteiger partial charge on any atom is -0.467 e. The molecule has 0 unspecified atom stereocenters. The van der Waals surface area contributed by atoms with E-state index in [0.717, 1.165) is 19.3 Å². The Morgan fingerprint density at radius 1 is 1.44 bits per heavy atom. The monoisotopic (exact) mass is 255 g/mol. The number of rotatable bonds is 8. The molecule has 4 nitrogen and oxygen atoms in total. The van der Waals surface area contributed by atoms with E-state index in [2.05, 4.69) is 23.6 Å². The molecule has 0 fully saturated rings. The second-order valence-electron chi connectivity index (χ2n) is 5.06. The molecule has 0 spiro atoms. The molecule has 0 aliphatic heterocycles. The van der Waals surface area contributed by atoms with Gasteiger partial charge < -0.3 is 10.1 Å². The topological polar surface area (TPSA) is 55.4 Å². The van der Waals surface area contributed by atoms with Crippen molar-refractivity contribution in [2.24, 2.45) is 5.41 Å². The molecular weight excluding hydrogens is 230 g/mol. The van der Waals surface area contributed by atoms with Crippen molar-refractivity contribution in [2.75, 3.05) is 7.11 Å². The first-order chi connectivity index (χ1) is 8.38. The molecule has 4 heteroatoms. The van der Waals surface area contributed by atoms with E-state index >= 15 is 0 Å². The molecule has 0 aliphatic carbocycles. The second-order valence-corrected chi connectivity index (χ2v) is 5.06. The summed E-state index contributed by atoms with van der Waals surface area (Å²) < 4.78 is 4.66. The van der Waals surface area contributed by atoms with Crippen LogP contribution in [0.15, 0.2) is 12.7 Å². The highest BCUT2D eigenvalue weighted by Gasteiger charge is 2.30. The van der Waals surface area contributed by atoms with Crippen molar-refractivity contribution < 1.29 is 14.3 Å². The van der Waals surface area contributed by atoms with E-state index in [9.17, 15) is 9.59 Å². The number of carbonyl (C=O) groups is 2. The van der Waals surface area contributed by atoms with Gasteiger partial charge in [0.05, 0.1) is 7.11 Å². The maximum Gasteiger partial charge on any atom is 0.328 e. The molecule has 0 saturated carbocycles. The van der Waals surface area contributed by atoms with E-state index in [-0.39, 0.29) is 5.91 Å². The molecule has 0 aromatic carbocycles. The number of unbranched alkanes of at least 4 members (excludes halogenated alkanes) is 1. The molecule has 18 heavy (non-hydrogen) atoms. The summed E-state index contributed by atoms with van der Waals surface area (Å²) in [5.74, 6) is -0.553. The molecule has 0 aromatic heterocycles. The van der Waals surface area contributed by atoms with Crippen molar-refractivity contribution >= 4 is 11.9 Å². The maximum absolute atomic E-state index is 12.1. The van der Waals surface area contributed by atoms with Crippen LogP contribution in [0, 0.1) is 5.41 Å². The zero-order valence-corrected chi connectivity index (χ0v) is 11.9. The van der Waals surface area contributed by atoms with Crippen molar-refractivity contribution in [3.8, 4) is 0 Å². The van der Waals surface area contributed by atoms with Gasteiger partial charge in [-0.05, 0) is 12.8 Å². The van der Waals surface area contributed by atoms with Crippen molar-refractivity contribution in [3.63, 3.8) is 0 Å². The van der Waals surface area contributed by atoms with Gasteiger partial charge in [-0.25, -0.2) is 4.79 Å². The summed E-state index contributed by atoms with van der Waals surface area (Å²) in [6, 6.07) is -0.638. The molecule has 104 valence electrons. The number of hydrogen-bond acceptors (Lipinski definition) is 3. The Bertz CT molecular complexity index is 297. The molecule has 1 atom stereocenters. The fourth-order valence-electron chi connectivity index (χ4n) is 1.61. The highest BCUT2D eigenvalue weighted by Crippen LogP contribution is 2.23. The van der Waals surface area contributed by atoms with Gasteiger partial charge in [-0.15, -0.1) is 6.58 Å². The van der Waals surface area contributed by atoms with E-state index in [4.69, 9.17) is 0 Å². The lowest BCUT2D eigenvalue weighted by Gasteiger charge is -2.26. The lowest BCUT2D eigenvalue weighted by Crippen LogP contribution is -2.46. The first-order valence-corrected chi connectivity index (χ1v) is 6.38. The van der Waals surface area contributed by atoms with Crippen molar-refractivity contribution in [2.45, 2.75) is 52.5 Å². The SMILES string of the molecule is C=CC[C@H](NC(=O)C(C)(C)CCCC)C(=O)OC. The van der Waals surface area contributed by atoms with Crippen molar-refractivity contribution in [1.82, 2.24) is 5.32 Å². The van der Waals surface area contributed by atoms with Gasteiger partial charge >= 0.3 is 5.97 Å². The van der Waals surface area contributed by atoms with E-state index in [1.165, 1.54) is 7.11 Å². The molecular formula is C14H25NO3.